The Hall–Kier alpha value is -3.37. The third kappa shape index (κ3) is 4.06. The van der Waals surface area contributed by atoms with Crippen LogP contribution < -0.4 is 10.2 Å². The van der Waals surface area contributed by atoms with Gasteiger partial charge in [-0.3, -0.25) is 4.79 Å². The lowest BCUT2D eigenvalue weighted by atomic mass is 10.0. The van der Waals surface area contributed by atoms with E-state index in [0.717, 1.165) is 38.2 Å². The minimum absolute atomic E-state index is 0.255. The van der Waals surface area contributed by atoms with Gasteiger partial charge in [0.05, 0.1) is 30.8 Å². The third-order valence-corrected chi connectivity index (χ3v) is 5.77. The molecule has 1 N–H and O–H groups in total. The zero-order valence-electron chi connectivity index (χ0n) is 17.9. The van der Waals surface area contributed by atoms with Gasteiger partial charge in [-0.25, -0.2) is 9.97 Å². The van der Waals surface area contributed by atoms with Crippen molar-refractivity contribution in [2.45, 2.75) is 32.0 Å². The van der Waals surface area contributed by atoms with Crippen molar-refractivity contribution < 1.29 is 14.3 Å². The van der Waals surface area contributed by atoms with Crippen molar-refractivity contribution in [3.8, 4) is 5.69 Å². The van der Waals surface area contributed by atoms with Crippen LogP contribution in [0.25, 0.3) is 5.69 Å². The fraction of sp³-hybridized carbons (Fsp3) is 0.409. The number of para-hydroxylation sites is 1. The van der Waals surface area contributed by atoms with Gasteiger partial charge < -0.3 is 19.7 Å². The number of hydrogen-bond acceptors (Lipinski definition) is 8. The maximum atomic E-state index is 13.0. The Morgan fingerprint density at radius 3 is 2.59 bits per heavy atom. The molecule has 0 unspecified atom stereocenters. The molecule has 0 bridgehead atoms. The van der Waals surface area contributed by atoms with Gasteiger partial charge in [0.15, 0.2) is 17.3 Å². The molecule has 0 aliphatic carbocycles. The lowest BCUT2D eigenvalue weighted by molar-refractivity contribution is -0.275. The van der Waals surface area contributed by atoms with E-state index in [1.54, 1.807) is 13.1 Å². The van der Waals surface area contributed by atoms with Crippen molar-refractivity contribution in [2.24, 2.45) is 0 Å². The van der Waals surface area contributed by atoms with Gasteiger partial charge in [-0.2, -0.15) is 9.90 Å². The summed E-state index contributed by atoms with van der Waals surface area (Å²) in [5.41, 5.74) is 2.11. The van der Waals surface area contributed by atoms with Crippen molar-refractivity contribution in [3.63, 3.8) is 0 Å². The smallest absolute Gasteiger partial charge is 0.278 e. The summed E-state index contributed by atoms with van der Waals surface area (Å²) in [6, 6.07) is 9.47. The molecule has 166 valence electrons. The maximum absolute atomic E-state index is 13.0. The molecule has 1 spiro atoms. The summed E-state index contributed by atoms with van der Waals surface area (Å²) >= 11 is 0. The van der Waals surface area contributed by atoms with E-state index in [4.69, 9.17) is 9.47 Å². The van der Waals surface area contributed by atoms with Crippen molar-refractivity contribution in [3.05, 3.63) is 54.2 Å². The molecule has 0 saturated carbocycles. The molecular formula is C22H25N7O3. The van der Waals surface area contributed by atoms with E-state index in [-0.39, 0.29) is 11.6 Å². The van der Waals surface area contributed by atoms with E-state index in [0.29, 0.717) is 30.3 Å². The number of hydrogen-bond donors (Lipinski definition) is 1. The zero-order chi connectivity index (χ0) is 22.0. The third-order valence-electron chi connectivity index (χ3n) is 5.77. The molecule has 4 heterocycles. The Labute approximate surface area is 185 Å². The van der Waals surface area contributed by atoms with Gasteiger partial charge >= 0.3 is 0 Å². The lowest BCUT2D eigenvalue weighted by Crippen LogP contribution is -2.50. The van der Waals surface area contributed by atoms with Gasteiger partial charge in [0, 0.05) is 25.9 Å². The number of piperidine rings is 1. The van der Waals surface area contributed by atoms with Crippen LogP contribution >= 0.6 is 0 Å². The monoisotopic (exact) mass is 435 g/mol. The Kier molecular flexibility index (Phi) is 5.54. The van der Waals surface area contributed by atoms with Crippen LogP contribution in [0.1, 0.15) is 35.4 Å². The molecule has 32 heavy (non-hydrogen) atoms. The van der Waals surface area contributed by atoms with Crippen LogP contribution in [0.4, 0.5) is 11.5 Å². The first-order valence-electron chi connectivity index (χ1n) is 10.8. The van der Waals surface area contributed by atoms with Gasteiger partial charge in [-0.1, -0.05) is 18.2 Å². The lowest BCUT2D eigenvalue weighted by Gasteiger charge is -2.43. The predicted molar refractivity (Wildman–Crippen MR) is 117 cm³/mol. The summed E-state index contributed by atoms with van der Waals surface area (Å²) in [4.78, 5) is 25.1. The second kappa shape index (κ2) is 8.64. The molecule has 0 radical (unpaired) electrons. The summed E-state index contributed by atoms with van der Waals surface area (Å²) in [5, 5.41) is 11.7. The standard InChI is InChI=1S/C22H25N7O3/c1-16-19(27-29(26-16)17-6-3-2-4-7-17)21(30)25-18-14-23-15-24-20(18)28-10-8-22(9-11-28)31-12-5-13-32-22/h2-4,6-7,14-15H,5,8-13H2,1H3,(H,25,30). The number of rotatable bonds is 4. The molecular weight excluding hydrogens is 410 g/mol. The summed E-state index contributed by atoms with van der Waals surface area (Å²) in [6.45, 7) is 4.65. The molecule has 2 aliphatic heterocycles. The van der Waals surface area contributed by atoms with Crippen LogP contribution in [0.3, 0.4) is 0 Å². The van der Waals surface area contributed by atoms with Crippen LogP contribution in [0, 0.1) is 6.92 Å². The summed E-state index contributed by atoms with van der Waals surface area (Å²) < 4.78 is 11.9. The molecule has 3 aromatic rings. The quantitative estimate of drug-likeness (QED) is 0.666. The number of aromatic nitrogens is 5. The Morgan fingerprint density at radius 2 is 1.84 bits per heavy atom. The molecule has 0 atom stereocenters. The second-order valence-electron chi connectivity index (χ2n) is 7.92. The van der Waals surface area contributed by atoms with Crippen LogP contribution in [-0.4, -0.2) is 63.0 Å². The molecule has 2 aliphatic rings. The second-order valence-corrected chi connectivity index (χ2v) is 7.92. The van der Waals surface area contributed by atoms with E-state index in [1.807, 2.05) is 30.3 Å². The van der Waals surface area contributed by atoms with E-state index < -0.39 is 5.79 Å². The molecule has 2 aromatic heterocycles. The summed E-state index contributed by atoms with van der Waals surface area (Å²) in [5.74, 6) is -0.168. The highest BCUT2D eigenvalue weighted by Crippen LogP contribution is 2.34. The molecule has 1 aromatic carbocycles. The van der Waals surface area contributed by atoms with Gasteiger partial charge in [0.1, 0.15) is 12.0 Å². The minimum Gasteiger partial charge on any atom is -0.354 e. The number of amides is 1. The highest BCUT2D eigenvalue weighted by Gasteiger charge is 2.39. The number of carbonyl (C=O) groups is 1. The number of ether oxygens (including phenoxy) is 2. The molecule has 2 saturated heterocycles. The average Bonchev–Trinajstić information content (AvgIpc) is 3.23. The number of nitrogens with one attached hydrogen (secondary N) is 1. The van der Waals surface area contributed by atoms with E-state index in [9.17, 15) is 4.79 Å². The predicted octanol–water partition coefficient (Wildman–Crippen LogP) is 2.35. The summed E-state index contributed by atoms with van der Waals surface area (Å²) in [6.07, 6.45) is 5.51. The maximum Gasteiger partial charge on any atom is 0.278 e. The molecule has 2 fully saturated rings. The first kappa shape index (κ1) is 20.5. The fourth-order valence-electron chi connectivity index (χ4n) is 4.08. The summed E-state index contributed by atoms with van der Waals surface area (Å²) in [7, 11) is 0. The van der Waals surface area contributed by atoms with E-state index in [1.165, 1.54) is 11.1 Å². The zero-order valence-corrected chi connectivity index (χ0v) is 17.9. The normalized spacial score (nSPS) is 18.0. The van der Waals surface area contributed by atoms with Gasteiger partial charge in [-0.05, 0) is 25.5 Å². The van der Waals surface area contributed by atoms with E-state index in [2.05, 4.69) is 30.4 Å². The largest absolute Gasteiger partial charge is 0.354 e. The van der Waals surface area contributed by atoms with Crippen molar-refractivity contribution in [2.75, 3.05) is 36.5 Å². The topological polar surface area (TPSA) is 107 Å². The minimum atomic E-state index is -0.488. The van der Waals surface area contributed by atoms with Crippen LogP contribution in [0.2, 0.25) is 0 Å². The molecule has 1 amide bonds. The van der Waals surface area contributed by atoms with Gasteiger partial charge in [-0.15, -0.1) is 5.10 Å². The Balaban J connectivity index is 1.32. The van der Waals surface area contributed by atoms with Gasteiger partial charge in [0.25, 0.3) is 5.91 Å². The highest BCUT2D eigenvalue weighted by molar-refractivity contribution is 6.04. The SMILES string of the molecule is Cc1nn(-c2ccccc2)nc1C(=O)Nc1cncnc1N1CCC2(CC1)OCCCO2. The average molecular weight is 435 g/mol. The molecule has 10 heteroatoms. The Bertz CT molecular complexity index is 1090. The number of carbonyl (C=O) groups excluding carboxylic acids is 1. The number of nitrogens with zero attached hydrogens (tertiary/aromatic N) is 6. The van der Waals surface area contributed by atoms with Crippen molar-refractivity contribution in [1.29, 1.82) is 0 Å². The highest BCUT2D eigenvalue weighted by atomic mass is 16.7. The Morgan fingerprint density at radius 1 is 1.09 bits per heavy atom. The fourth-order valence-corrected chi connectivity index (χ4v) is 4.08. The van der Waals surface area contributed by atoms with Crippen molar-refractivity contribution >= 4 is 17.4 Å². The first-order valence-corrected chi connectivity index (χ1v) is 10.8. The van der Waals surface area contributed by atoms with Crippen LogP contribution in [0.5, 0.6) is 0 Å². The first-order chi connectivity index (χ1) is 15.6. The molecule has 10 nitrogen and oxygen atoms in total. The van der Waals surface area contributed by atoms with E-state index >= 15 is 0 Å². The number of anilines is 2. The number of benzene rings is 1. The number of aryl methyl sites for hydroxylation is 1. The van der Waals surface area contributed by atoms with Gasteiger partial charge in [0.2, 0.25) is 0 Å². The molecule has 5 rings (SSSR count). The van der Waals surface area contributed by atoms with Crippen LogP contribution in [0.15, 0.2) is 42.9 Å². The van der Waals surface area contributed by atoms with Crippen LogP contribution in [-0.2, 0) is 9.47 Å². The van der Waals surface area contributed by atoms with Crippen molar-refractivity contribution in [1.82, 2.24) is 25.0 Å².